The van der Waals surface area contributed by atoms with Gasteiger partial charge in [-0.1, -0.05) is 34.2 Å². The van der Waals surface area contributed by atoms with Crippen molar-refractivity contribution in [1.29, 1.82) is 0 Å². The molecule has 0 aromatic heterocycles. The summed E-state index contributed by atoms with van der Waals surface area (Å²) in [6.45, 7) is 2.00. The van der Waals surface area contributed by atoms with E-state index in [2.05, 4.69) is 22.6 Å². The second kappa shape index (κ2) is 6.80. The molecule has 0 spiro atoms. The molecule has 0 saturated carbocycles. The van der Waals surface area contributed by atoms with Crippen molar-refractivity contribution in [2.75, 3.05) is 20.1 Å². The molecule has 17 heavy (non-hydrogen) atoms. The first-order valence-electron chi connectivity index (χ1n) is 5.04. The van der Waals surface area contributed by atoms with Gasteiger partial charge in [0, 0.05) is 0 Å². The average molecular weight is 349 g/mol. The summed E-state index contributed by atoms with van der Waals surface area (Å²) >= 11 is 2.08. The molecular formula is C10H13BINO4. The quantitative estimate of drug-likeness (QED) is 0.422. The zero-order valence-electron chi connectivity index (χ0n) is 9.68. The van der Waals surface area contributed by atoms with Crippen LogP contribution in [0.1, 0.15) is 6.92 Å². The smallest absolute Gasteiger partial charge is 0.495 e. The maximum absolute atomic E-state index is 11.4. The van der Waals surface area contributed by atoms with Gasteiger partial charge < -0.3 is 9.31 Å². The molecule has 0 bridgehead atoms. The highest BCUT2D eigenvalue weighted by molar-refractivity contribution is 14.1. The number of rotatable bonds is 2. The van der Waals surface area contributed by atoms with Crippen LogP contribution in [0.5, 0.6) is 0 Å². The number of halogens is 1. The Kier molecular flexibility index (Phi) is 5.69. The summed E-state index contributed by atoms with van der Waals surface area (Å²) in [5, 5.41) is 0. The van der Waals surface area contributed by atoms with E-state index in [1.165, 1.54) is 0 Å². The van der Waals surface area contributed by atoms with E-state index in [0.717, 1.165) is 5.57 Å². The minimum Gasteiger partial charge on any atom is -0.495 e. The molecular weight excluding hydrogens is 336 g/mol. The first-order valence-corrected chi connectivity index (χ1v) is 6.28. The lowest BCUT2D eigenvalue weighted by Crippen LogP contribution is -2.41. The number of likely N-dealkylation sites (N-methyl/N-ethyl adjacent to an activating group) is 1. The van der Waals surface area contributed by atoms with Crippen molar-refractivity contribution in [3.63, 3.8) is 0 Å². The van der Waals surface area contributed by atoms with Gasteiger partial charge in [-0.25, -0.2) is 0 Å². The van der Waals surface area contributed by atoms with Gasteiger partial charge in [0.1, 0.15) is 0 Å². The zero-order chi connectivity index (χ0) is 12.8. The monoisotopic (exact) mass is 349 g/mol. The van der Waals surface area contributed by atoms with Gasteiger partial charge >= 0.3 is 19.1 Å². The Morgan fingerprint density at radius 2 is 1.88 bits per heavy atom. The van der Waals surface area contributed by atoms with E-state index in [1.54, 1.807) is 17.9 Å². The second-order valence-electron chi connectivity index (χ2n) is 3.72. The van der Waals surface area contributed by atoms with Crippen LogP contribution in [0.25, 0.3) is 0 Å². The summed E-state index contributed by atoms with van der Waals surface area (Å²) in [5.74, 6) is 0.774. The van der Waals surface area contributed by atoms with Crippen molar-refractivity contribution < 1.29 is 18.9 Å². The molecule has 0 aliphatic carbocycles. The van der Waals surface area contributed by atoms with Crippen molar-refractivity contribution in [1.82, 2.24) is 4.90 Å². The fourth-order valence-electron chi connectivity index (χ4n) is 1.29. The second-order valence-corrected chi connectivity index (χ2v) is 4.44. The maximum Gasteiger partial charge on any atom is 0.629 e. The first-order chi connectivity index (χ1) is 8.01. The molecule has 5 nitrogen and oxygen atoms in total. The van der Waals surface area contributed by atoms with Crippen molar-refractivity contribution >= 4 is 41.6 Å². The molecule has 1 rings (SSSR count). The van der Waals surface area contributed by atoms with Crippen LogP contribution in [-0.4, -0.2) is 44.1 Å². The number of carbonyl (C=O) groups is 2. The Morgan fingerprint density at radius 1 is 1.35 bits per heavy atom. The molecule has 0 atom stereocenters. The molecule has 0 unspecified atom stereocenters. The minimum atomic E-state index is -0.934. The SMILES string of the molecule is CC(/C=C/I)=C\B1OC(=O)CN(C)CC(=O)O1. The summed E-state index contributed by atoms with van der Waals surface area (Å²) in [6, 6.07) is 0. The van der Waals surface area contributed by atoms with Gasteiger partial charge in [0.2, 0.25) is 0 Å². The largest absolute Gasteiger partial charge is 0.629 e. The van der Waals surface area contributed by atoms with Gasteiger partial charge in [-0.15, -0.1) is 0 Å². The Bertz CT molecular complexity index is 349. The lowest BCUT2D eigenvalue weighted by Gasteiger charge is -2.21. The van der Waals surface area contributed by atoms with Gasteiger partial charge in [-0.2, -0.15) is 0 Å². The highest BCUT2D eigenvalue weighted by Crippen LogP contribution is 2.05. The molecule has 0 radical (unpaired) electrons. The number of carbonyl (C=O) groups excluding carboxylic acids is 2. The molecule has 1 aliphatic rings. The van der Waals surface area contributed by atoms with Crippen LogP contribution in [0.2, 0.25) is 0 Å². The van der Waals surface area contributed by atoms with E-state index in [9.17, 15) is 9.59 Å². The lowest BCUT2D eigenvalue weighted by molar-refractivity contribution is -0.145. The van der Waals surface area contributed by atoms with E-state index in [1.807, 2.05) is 17.1 Å². The maximum atomic E-state index is 11.4. The molecule has 1 heterocycles. The Labute approximate surface area is 114 Å². The van der Waals surface area contributed by atoms with E-state index in [4.69, 9.17) is 9.31 Å². The average Bonchev–Trinajstić information content (AvgIpc) is 2.14. The topological polar surface area (TPSA) is 55.8 Å². The van der Waals surface area contributed by atoms with Crippen LogP contribution in [-0.2, 0) is 18.9 Å². The van der Waals surface area contributed by atoms with Gasteiger partial charge in [-0.3, -0.25) is 14.5 Å². The predicted octanol–water partition coefficient (Wildman–Crippen LogP) is 0.941. The van der Waals surface area contributed by atoms with Crippen LogP contribution in [0, 0.1) is 0 Å². The zero-order valence-corrected chi connectivity index (χ0v) is 11.8. The fraction of sp³-hybridized carbons (Fsp3) is 0.400. The third kappa shape index (κ3) is 5.36. The van der Waals surface area contributed by atoms with Crippen molar-refractivity contribution in [3.05, 3.63) is 21.7 Å². The highest BCUT2D eigenvalue weighted by Gasteiger charge is 2.29. The molecule has 1 saturated heterocycles. The normalized spacial score (nSPS) is 19.9. The summed E-state index contributed by atoms with van der Waals surface area (Å²) in [5.41, 5.74) is 0.860. The molecule has 7 heteroatoms. The first kappa shape index (κ1) is 14.2. The van der Waals surface area contributed by atoms with E-state index in [0.29, 0.717) is 0 Å². The number of hydrogen-bond acceptors (Lipinski definition) is 5. The third-order valence-electron chi connectivity index (χ3n) is 2.02. The van der Waals surface area contributed by atoms with E-state index in [-0.39, 0.29) is 13.1 Å². The predicted molar refractivity (Wildman–Crippen MR) is 72.4 cm³/mol. The Morgan fingerprint density at radius 3 is 2.35 bits per heavy atom. The Balaban J connectivity index is 2.74. The van der Waals surface area contributed by atoms with Gasteiger partial charge in [0.25, 0.3) is 0 Å². The van der Waals surface area contributed by atoms with Crippen molar-refractivity contribution in [2.24, 2.45) is 0 Å². The van der Waals surface area contributed by atoms with Gasteiger partial charge in [-0.05, 0) is 24.0 Å². The van der Waals surface area contributed by atoms with E-state index >= 15 is 0 Å². The lowest BCUT2D eigenvalue weighted by atomic mass is 9.86. The summed E-state index contributed by atoms with van der Waals surface area (Å²) in [4.78, 5) is 24.3. The van der Waals surface area contributed by atoms with Crippen LogP contribution in [0.4, 0.5) is 0 Å². The molecule has 0 amide bonds. The number of nitrogens with zero attached hydrogens (tertiary/aromatic N) is 1. The van der Waals surface area contributed by atoms with Gasteiger partial charge in [0.05, 0.1) is 13.1 Å². The van der Waals surface area contributed by atoms with Crippen LogP contribution in [0.15, 0.2) is 21.7 Å². The molecule has 92 valence electrons. The summed E-state index contributed by atoms with van der Waals surface area (Å²) in [6.07, 6.45) is 1.83. The Hall–Kier alpha value is -0.825. The summed E-state index contributed by atoms with van der Waals surface area (Å²) in [7, 11) is 0.722. The number of allylic oxidation sites excluding steroid dienone is 2. The third-order valence-corrected chi connectivity index (χ3v) is 2.38. The van der Waals surface area contributed by atoms with Crippen molar-refractivity contribution in [3.8, 4) is 0 Å². The fourth-order valence-corrected chi connectivity index (χ4v) is 1.86. The highest BCUT2D eigenvalue weighted by atomic mass is 127. The minimum absolute atomic E-state index is 0.0839. The van der Waals surface area contributed by atoms with Crippen LogP contribution in [0.3, 0.4) is 0 Å². The van der Waals surface area contributed by atoms with Crippen LogP contribution < -0.4 is 0 Å². The molecule has 1 fully saturated rings. The van der Waals surface area contributed by atoms with Gasteiger partial charge in [0.15, 0.2) is 0 Å². The standard InChI is InChI=1S/C10H13BINO4/c1-8(3-4-12)5-11-16-9(14)6-13(2)7-10(15)17-11/h3-5H,6-7H2,1-2H3/b4-3+,8-5+. The summed E-state index contributed by atoms with van der Waals surface area (Å²) < 4.78 is 11.8. The molecule has 0 N–H and O–H groups in total. The van der Waals surface area contributed by atoms with E-state index < -0.39 is 19.1 Å². The van der Waals surface area contributed by atoms with Crippen LogP contribution >= 0.6 is 22.6 Å². The molecule has 0 aromatic rings. The number of hydrogen-bond donors (Lipinski definition) is 0. The van der Waals surface area contributed by atoms with Crippen molar-refractivity contribution in [2.45, 2.75) is 6.92 Å². The molecule has 1 aliphatic heterocycles. The molecule has 0 aromatic carbocycles.